The van der Waals surface area contributed by atoms with Crippen LogP contribution in [0.4, 0.5) is 0 Å². The zero-order chi connectivity index (χ0) is 14.8. The Hall–Kier alpha value is -1.36. The van der Waals surface area contributed by atoms with E-state index >= 15 is 0 Å². The van der Waals surface area contributed by atoms with E-state index in [9.17, 15) is 14.7 Å². The lowest BCUT2D eigenvalue weighted by molar-refractivity contribution is -0.161. The SMILES string of the molecule is CCOC(=O)C(CC/C=C(\C)[C@H](C)O)C(=O)OCC. The normalized spacial score (nSPS) is 13.3. The van der Waals surface area contributed by atoms with Gasteiger partial charge in [-0.2, -0.15) is 0 Å². The molecule has 19 heavy (non-hydrogen) atoms. The molecule has 5 heteroatoms. The van der Waals surface area contributed by atoms with E-state index in [1.165, 1.54) is 0 Å². The maximum atomic E-state index is 11.7. The van der Waals surface area contributed by atoms with Gasteiger partial charge in [0.25, 0.3) is 0 Å². The molecule has 0 aromatic heterocycles. The monoisotopic (exact) mass is 272 g/mol. The second kappa shape index (κ2) is 9.55. The third-order valence-corrected chi connectivity index (χ3v) is 2.72. The van der Waals surface area contributed by atoms with E-state index in [2.05, 4.69) is 0 Å². The van der Waals surface area contributed by atoms with E-state index in [4.69, 9.17) is 9.47 Å². The van der Waals surface area contributed by atoms with Gasteiger partial charge in [0, 0.05) is 0 Å². The molecule has 0 aliphatic heterocycles. The van der Waals surface area contributed by atoms with Crippen LogP contribution < -0.4 is 0 Å². The van der Waals surface area contributed by atoms with Crippen LogP contribution in [0.5, 0.6) is 0 Å². The van der Waals surface area contributed by atoms with Crippen molar-refractivity contribution in [3.05, 3.63) is 11.6 Å². The molecule has 0 rings (SSSR count). The molecule has 0 aromatic carbocycles. The minimum atomic E-state index is -0.891. The van der Waals surface area contributed by atoms with E-state index < -0.39 is 24.0 Å². The number of hydrogen-bond acceptors (Lipinski definition) is 5. The van der Waals surface area contributed by atoms with Crippen LogP contribution in [0.25, 0.3) is 0 Å². The number of esters is 2. The van der Waals surface area contributed by atoms with Gasteiger partial charge in [-0.1, -0.05) is 6.08 Å². The van der Waals surface area contributed by atoms with Crippen molar-refractivity contribution >= 4 is 11.9 Å². The van der Waals surface area contributed by atoms with E-state index in [0.29, 0.717) is 12.8 Å². The topological polar surface area (TPSA) is 72.8 Å². The van der Waals surface area contributed by atoms with Crippen molar-refractivity contribution < 1.29 is 24.2 Å². The number of ether oxygens (including phenoxy) is 2. The van der Waals surface area contributed by atoms with Crippen LogP contribution >= 0.6 is 0 Å². The second-order valence-corrected chi connectivity index (χ2v) is 4.26. The second-order valence-electron chi connectivity index (χ2n) is 4.26. The minimum Gasteiger partial charge on any atom is -0.465 e. The summed E-state index contributed by atoms with van der Waals surface area (Å²) in [6.45, 7) is 7.32. The molecule has 0 fully saturated rings. The van der Waals surface area contributed by atoms with Crippen LogP contribution in [0.2, 0.25) is 0 Å². The first-order chi connectivity index (χ1) is 8.93. The molecule has 0 radical (unpaired) electrons. The fourth-order valence-electron chi connectivity index (χ4n) is 1.47. The van der Waals surface area contributed by atoms with Gasteiger partial charge in [-0.05, 0) is 46.1 Å². The van der Waals surface area contributed by atoms with Gasteiger partial charge in [0.15, 0.2) is 5.92 Å². The van der Waals surface area contributed by atoms with Crippen LogP contribution in [0.15, 0.2) is 11.6 Å². The van der Waals surface area contributed by atoms with Crippen LogP contribution in [0.1, 0.15) is 40.5 Å². The van der Waals surface area contributed by atoms with Gasteiger partial charge < -0.3 is 14.6 Å². The predicted octanol–water partition coefficient (Wildman–Crippen LogP) is 1.84. The fourth-order valence-corrected chi connectivity index (χ4v) is 1.47. The summed E-state index contributed by atoms with van der Waals surface area (Å²) < 4.78 is 9.73. The summed E-state index contributed by atoms with van der Waals surface area (Å²) in [5, 5.41) is 9.32. The van der Waals surface area contributed by atoms with Gasteiger partial charge in [-0.15, -0.1) is 0 Å². The minimum absolute atomic E-state index is 0.233. The van der Waals surface area contributed by atoms with Crippen LogP contribution in [-0.4, -0.2) is 36.4 Å². The van der Waals surface area contributed by atoms with E-state index in [0.717, 1.165) is 5.57 Å². The highest BCUT2D eigenvalue weighted by molar-refractivity contribution is 5.94. The first kappa shape index (κ1) is 17.6. The molecule has 0 spiro atoms. The number of aliphatic hydroxyl groups is 1. The summed E-state index contributed by atoms with van der Waals surface area (Å²) >= 11 is 0. The Morgan fingerprint density at radius 3 is 2.00 bits per heavy atom. The third kappa shape index (κ3) is 6.96. The molecule has 5 nitrogen and oxygen atoms in total. The lowest BCUT2D eigenvalue weighted by Crippen LogP contribution is -2.28. The highest BCUT2D eigenvalue weighted by Crippen LogP contribution is 2.14. The average Bonchev–Trinajstić information content (AvgIpc) is 2.34. The average molecular weight is 272 g/mol. The first-order valence-electron chi connectivity index (χ1n) is 6.61. The van der Waals surface area contributed by atoms with Crippen molar-refractivity contribution in [2.24, 2.45) is 5.92 Å². The number of rotatable bonds is 8. The number of hydrogen-bond donors (Lipinski definition) is 1. The Labute approximate surface area is 114 Å². The fraction of sp³-hybridized carbons (Fsp3) is 0.714. The van der Waals surface area contributed by atoms with Gasteiger partial charge >= 0.3 is 11.9 Å². The maximum Gasteiger partial charge on any atom is 0.320 e. The number of carbonyl (C=O) groups excluding carboxylic acids is 2. The molecule has 1 atom stereocenters. The molecule has 0 bridgehead atoms. The summed E-state index contributed by atoms with van der Waals surface area (Å²) in [4.78, 5) is 23.4. The summed E-state index contributed by atoms with van der Waals surface area (Å²) in [5.74, 6) is -1.99. The van der Waals surface area contributed by atoms with Gasteiger partial charge in [0.05, 0.1) is 19.3 Å². The van der Waals surface area contributed by atoms with Crippen molar-refractivity contribution in [2.45, 2.75) is 46.6 Å². The molecular formula is C14H24O5. The molecule has 0 amide bonds. The number of allylic oxidation sites excluding steroid dienone is 1. The molecule has 0 aliphatic carbocycles. The van der Waals surface area contributed by atoms with E-state index in [1.807, 2.05) is 6.08 Å². The third-order valence-electron chi connectivity index (χ3n) is 2.72. The first-order valence-corrected chi connectivity index (χ1v) is 6.61. The highest BCUT2D eigenvalue weighted by atomic mass is 16.6. The molecule has 0 unspecified atom stereocenters. The molecular weight excluding hydrogens is 248 g/mol. The summed E-state index contributed by atoms with van der Waals surface area (Å²) in [6.07, 6.45) is 2.13. The zero-order valence-electron chi connectivity index (χ0n) is 12.1. The van der Waals surface area contributed by atoms with Crippen molar-refractivity contribution in [3.63, 3.8) is 0 Å². The van der Waals surface area contributed by atoms with Gasteiger partial charge in [-0.25, -0.2) is 0 Å². The Bertz CT molecular complexity index is 302. The smallest absolute Gasteiger partial charge is 0.320 e. The Morgan fingerprint density at radius 2 is 1.63 bits per heavy atom. The maximum absolute atomic E-state index is 11.7. The molecule has 110 valence electrons. The van der Waals surface area contributed by atoms with E-state index in [-0.39, 0.29) is 13.2 Å². The zero-order valence-corrected chi connectivity index (χ0v) is 12.1. The van der Waals surface area contributed by atoms with Crippen LogP contribution in [-0.2, 0) is 19.1 Å². The van der Waals surface area contributed by atoms with Crippen LogP contribution in [0, 0.1) is 5.92 Å². The molecule has 0 aromatic rings. The van der Waals surface area contributed by atoms with Gasteiger partial charge in [0.2, 0.25) is 0 Å². The molecule has 1 N–H and O–H groups in total. The number of aliphatic hydroxyl groups excluding tert-OH is 1. The van der Waals surface area contributed by atoms with Crippen molar-refractivity contribution in [3.8, 4) is 0 Å². The van der Waals surface area contributed by atoms with Gasteiger partial charge in [0.1, 0.15) is 0 Å². The lowest BCUT2D eigenvalue weighted by atomic mass is 10.0. The molecule has 0 heterocycles. The largest absolute Gasteiger partial charge is 0.465 e. The molecule has 0 aliphatic rings. The van der Waals surface area contributed by atoms with Crippen molar-refractivity contribution in [2.75, 3.05) is 13.2 Å². The number of carbonyl (C=O) groups is 2. The Balaban J connectivity index is 4.55. The standard InChI is InChI=1S/C14H24O5/c1-5-18-13(16)12(14(17)19-6-2)9-7-8-10(3)11(4)15/h8,11-12,15H,5-7,9H2,1-4H3/b10-8+/t11-/m0/s1. The highest BCUT2D eigenvalue weighted by Gasteiger charge is 2.28. The lowest BCUT2D eigenvalue weighted by Gasteiger charge is -2.13. The quantitative estimate of drug-likeness (QED) is 0.414. The summed E-state index contributed by atoms with van der Waals surface area (Å²) in [5.41, 5.74) is 0.812. The van der Waals surface area contributed by atoms with Crippen molar-refractivity contribution in [1.82, 2.24) is 0 Å². The van der Waals surface area contributed by atoms with E-state index in [1.54, 1.807) is 27.7 Å². The predicted molar refractivity (Wildman–Crippen MR) is 71.4 cm³/mol. The van der Waals surface area contributed by atoms with Crippen molar-refractivity contribution in [1.29, 1.82) is 0 Å². The molecule has 0 saturated carbocycles. The Kier molecular flexibility index (Phi) is 8.87. The van der Waals surface area contributed by atoms with Crippen LogP contribution in [0.3, 0.4) is 0 Å². The molecule has 0 saturated heterocycles. The van der Waals surface area contributed by atoms with Gasteiger partial charge in [-0.3, -0.25) is 9.59 Å². The summed E-state index contributed by atoms with van der Waals surface area (Å²) in [6, 6.07) is 0. The Morgan fingerprint density at radius 1 is 1.16 bits per heavy atom. The summed E-state index contributed by atoms with van der Waals surface area (Å²) in [7, 11) is 0.